The zero-order chi connectivity index (χ0) is 11.5. The molecule has 0 saturated carbocycles. The number of anilines is 1. The van der Waals surface area contributed by atoms with Crippen molar-refractivity contribution in [2.75, 3.05) is 12.5 Å². The van der Waals surface area contributed by atoms with Gasteiger partial charge in [-0.3, -0.25) is 0 Å². The summed E-state index contributed by atoms with van der Waals surface area (Å²) in [6, 6.07) is 4.30. The van der Waals surface area contributed by atoms with Gasteiger partial charge in [-0.25, -0.2) is 15.2 Å². The second-order valence-electron chi connectivity index (χ2n) is 3.03. The van der Waals surface area contributed by atoms with Crippen LogP contribution in [0, 0.1) is 5.82 Å². The van der Waals surface area contributed by atoms with E-state index in [-0.39, 0.29) is 5.82 Å². The normalized spacial score (nSPS) is 10.2. The molecule has 1 aromatic heterocycles. The molecule has 2 aromatic rings. The van der Waals surface area contributed by atoms with Crippen molar-refractivity contribution in [2.45, 2.75) is 0 Å². The fraction of sp³-hybridized carbons (Fsp3) is 0.100. The summed E-state index contributed by atoms with van der Waals surface area (Å²) in [5.74, 6) is 6.04. The minimum atomic E-state index is -0.326. The van der Waals surface area contributed by atoms with Crippen LogP contribution in [-0.2, 0) is 0 Å². The standard InChI is InChI=1S/C10H10FN3OS/c1-15-8-3-2-6(11)4-7(8)10-13-9(14-12)5-16-10/h2-5,14H,12H2,1H3. The number of nitrogen functional groups attached to an aromatic ring is 1. The van der Waals surface area contributed by atoms with Crippen molar-refractivity contribution in [3.05, 3.63) is 29.4 Å². The van der Waals surface area contributed by atoms with Gasteiger partial charge in [-0.1, -0.05) is 0 Å². The van der Waals surface area contributed by atoms with E-state index >= 15 is 0 Å². The topological polar surface area (TPSA) is 60.2 Å². The fourth-order valence-electron chi connectivity index (χ4n) is 1.31. The predicted molar refractivity (Wildman–Crippen MR) is 61.9 cm³/mol. The first-order valence-corrected chi connectivity index (χ1v) is 5.38. The van der Waals surface area contributed by atoms with Crippen LogP contribution in [0.5, 0.6) is 5.75 Å². The zero-order valence-corrected chi connectivity index (χ0v) is 9.34. The number of rotatable bonds is 3. The van der Waals surface area contributed by atoms with Crippen molar-refractivity contribution in [2.24, 2.45) is 5.84 Å². The molecule has 3 N–H and O–H groups in total. The van der Waals surface area contributed by atoms with Crippen LogP contribution in [0.15, 0.2) is 23.6 Å². The Balaban J connectivity index is 2.49. The van der Waals surface area contributed by atoms with Gasteiger partial charge in [-0.15, -0.1) is 11.3 Å². The number of aromatic nitrogens is 1. The SMILES string of the molecule is COc1ccc(F)cc1-c1nc(NN)cs1. The highest BCUT2D eigenvalue weighted by Gasteiger charge is 2.11. The van der Waals surface area contributed by atoms with Gasteiger partial charge < -0.3 is 10.2 Å². The Labute approximate surface area is 95.9 Å². The van der Waals surface area contributed by atoms with Crippen LogP contribution in [0.2, 0.25) is 0 Å². The van der Waals surface area contributed by atoms with E-state index in [1.165, 1.54) is 30.6 Å². The van der Waals surface area contributed by atoms with Crippen LogP contribution in [0.25, 0.3) is 10.6 Å². The van der Waals surface area contributed by atoms with Crippen LogP contribution in [0.3, 0.4) is 0 Å². The highest BCUT2D eigenvalue weighted by atomic mass is 32.1. The largest absolute Gasteiger partial charge is 0.496 e. The van der Waals surface area contributed by atoms with Gasteiger partial charge in [0, 0.05) is 5.38 Å². The van der Waals surface area contributed by atoms with Gasteiger partial charge in [0.2, 0.25) is 0 Å². The summed E-state index contributed by atoms with van der Waals surface area (Å²) >= 11 is 1.37. The maximum absolute atomic E-state index is 13.1. The number of nitrogens with one attached hydrogen (secondary N) is 1. The Morgan fingerprint density at radius 3 is 2.94 bits per heavy atom. The van der Waals surface area contributed by atoms with Gasteiger partial charge in [-0.2, -0.15) is 0 Å². The Kier molecular flexibility index (Phi) is 3.02. The molecule has 0 aliphatic heterocycles. The summed E-state index contributed by atoms with van der Waals surface area (Å²) in [5, 5.41) is 2.41. The van der Waals surface area contributed by atoms with E-state index in [0.717, 1.165) is 0 Å². The molecule has 0 aliphatic carbocycles. The summed E-state index contributed by atoms with van der Waals surface area (Å²) in [6.45, 7) is 0. The number of hydrazine groups is 1. The second kappa shape index (κ2) is 4.46. The molecular formula is C10H10FN3OS. The molecule has 2 rings (SSSR count). The van der Waals surface area contributed by atoms with Crippen LogP contribution in [-0.4, -0.2) is 12.1 Å². The number of halogens is 1. The van der Waals surface area contributed by atoms with E-state index in [1.807, 2.05) is 0 Å². The number of nitrogens with zero attached hydrogens (tertiary/aromatic N) is 1. The van der Waals surface area contributed by atoms with Crippen LogP contribution in [0.4, 0.5) is 10.2 Å². The Morgan fingerprint density at radius 2 is 2.31 bits per heavy atom. The molecular weight excluding hydrogens is 229 g/mol. The molecule has 16 heavy (non-hydrogen) atoms. The third kappa shape index (κ3) is 1.98. The minimum absolute atomic E-state index is 0.326. The number of thiazole rings is 1. The lowest BCUT2D eigenvalue weighted by atomic mass is 10.2. The Morgan fingerprint density at radius 1 is 1.50 bits per heavy atom. The molecule has 6 heteroatoms. The van der Waals surface area contributed by atoms with Gasteiger partial charge in [-0.05, 0) is 18.2 Å². The lowest BCUT2D eigenvalue weighted by molar-refractivity contribution is 0.415. The molecule has 0 amide bonds. The summed E-state index contributed by atoms with van der Waals surface area (Å²) in [4.78, 5) is 4.18. The lowest BCUT2D eigenvalue weighted by Crippen LogP contribution is -2.06. The molecule has 1 aromatic carbocycles. The maximum atomic E-state index is 13.1. The number of hydrogen-bond acceptors (Lipinski definition) is 5. The fourth-order valence-corrected chi connectivity index (χ4v) is 2.09. The van der Waals surface area contributed by atoms with Crippen LogP contribution < -0.4 is 16.0 Å². The van der Waals surface area contributed by atoms with Crippen molar-refractivity contribution in [1.29, 1.82) is 0 Å². The van der Waals surface area contributed by atoms with Crippen molar-refractivity contribution in [3.8, 4) is 16.3 Å². The molecule has 84 valence electrons. The predicted octanol–water partition coefficient (Wildman–Crippen LogP) is 2.24. The summed E-state index contributed by atoms with van der Waals surface area (Å²) in [5.41, 5.74) is 3.05. The highest BCUT2D eigenvalue weighted by molar-refractivity contribution is 7.13. The summed E-state index contributed by atoms with van der Waals surface area (Å²) in [6.07, 6.45) is 0. The smallest absolute Gasteiger partial charge is 0.151 e. The van der Waals surface area contributed by atoms with E-state index in [1.54, 1.807) is 11.4 Å². The molecule has 0 aliphatic rings. The number of methoxy groups -OCH3 is 1. The average molecular weight is 239 g/mol. The molecule has 1 heterocycles. The highest BCUT2D eigenvalue weighted by Crippen LogP contribution is 2.33. The molecule has 4 nitrogen and oxygen atoms in total. The van der Waals surface area contributed by atoms with E-state index in [9.17, 15) is 4.39 Å². The minimum Gasteiger partial charge on any atom is -0.496 e. The number of nitrogens with two attached hydrogens (primary N) is 1. The average Bonchev–Trinajstić information content (AvgIpc) is 2.77. The van der Waals surface area contributed by atoms with E-state index in [0.29, 0.717) is 22.1 Å². The van der Waals surface area contributed by atoms with Crippen molar-refractivity contribution in [1.82, 2.24) is 4.98 Å². The molecule has 0 atom stereocenters. The first-order chi connectivity index (χ1) is 7.74. The van der Waals surface area contributed by atoms with Gasteiger partial charge in [0.25, 0.3) is 0 Å². The van der Waals surface area contributed by atoms with E-state index in [2.05, 4.69) is 10.4 Å². The van der Waals surface area contributed by atoms with Crippen molar-refractivity contribution < 1.29 is 9.13 Å². The van der Waals surface area contributed by atoms with Gasteiger partial charge >= 0.3 is 0 Å². The van der Waals surface area contributed by atoms with E-state index < -0.39 is 0 Å². The molecule has 0 fully saturated rings. The Bertz CT molecular complexity index is 501. The summed E-state index contributed by atoms with van der Waals surface area (Å²) in [7, 11) is 1.53. The molecule has 0 unspecified atom stereocenters. The van der Waals surface area contributed by atoms with Crippen LogP contribution >= 0.6 is 11.3 Å². The first-order valence-electron chi connectivity index (χ1n) is 4.50. The quantitative estimate of drug-likeness (QED) is 0.637. The van der Waals surface area contributed by atoms with Crippen molar-refractivity contribution >= 4 is 17.2 Å². The monoisotopic (exact) mass is 239 g/mol. The number of ether oxygens (including phenoxy) is 1. The number of hydrogen-bond donors (Lipinski definition) is 2. The van der Waals surface area contributed by atoms with Gasteiger partial charge in [0.1, 0.15) is 16.6 Å². The first kappa shape index (κ1) is 10.8. The zero-order valence-electron chi connectivity index (χ0n) is 8.53. The summed E-state index contributed by atoms with van der Waals surface area (Å²) < 4.78 is 18.3. The van der Waals surface area contributed by atoms with E-state index in [4.69, 9.17) is 10.6 Å². The molecule has 0 spiro atoms. The van der Waals surface area contributed by atoms with Crippen molar-refractivity contribution in [3.63, 3.8) is 0 Å². The van der Waals surface area contributed by atoms with Gasteiger partial charge in [0.15, 0.2) is 5.82 Å². The molecule has 0 bridgehead atoms. The third-order valence-corrected chi connectivity index (χ3v) is 2.92. The third-order valence-electron chi connectivity index (χ3n) is 2.04. The maximum Gasteiger partial charge on any atom is 0.151 e. The lowest BCUT2D eigenvalue weighted by Gasteiger charge is -2.05. The Hall–Kier alpha value is -1.66. The van der Waals surface area contributed by atoms with Crippen LogP contribution in [0.1, 0.15) is 0 Å². The molecule has 0 saturated heterocycles. The number of benzene rings is 1. The second-order valence-corrected chi connectivity index (χ2v) is 3.88. The molecule has 0 radical (unpaired) electrons. The van der Waals surface area contributed by atoms with Gasteiger partial charge in [0.05, 0.1) is 12.7 Å².